The number of hydrogen-bond acceptors (Lipinski definition) is 4. The first kappa shape index (κ1) is 37.1. The van der Waals surface area contributed by atoms with Crippen LogP contribution in [0, 0.1) is 6.92 Å². The summed E-state index contributed by atoms with van der Waals surface area (Å²) < 4.78 is 20.3. The van der Waals surface area contributed by atoms with Crippen molar-refractivity contribution in [2.75, 3.05) is 6.61 Å². The smallest absolute Gasteiger partial charge is 0.387 e. The highest BCUT2D eigenvalue weighted by Crippen LogP contribution is 2.43. The van der Waals surface area contributed by atoms with Gasteiger partial charge in [0, 0.05) is 10.8 Å². The Kier molecular flexibility index (Phi) is 12.4. The van der Waals surface area contributed by atoms with E-state index in [9.17, 15) is 5.11 Å². The molecule has 0 saturated carbocycles. The second kappa shape index (κ2) is 15.7. The van der Waals surface area contributed by atoms with Gasteiger partial charge in [-0.25, -0.2) is 0 Å². The van der Waals surface area contributed by atoms with Gasteiger partial charge in [-0.15, -0.1) is 0 Å². The van der Waals surface area contributed by atoms with Crippen molar-refractivity contribution >= 4 is 30.2 Å². The van der Waals surface area contributed by atoms with Crippen LogP contribution < -0.4 is 4.52 Å². The Hall–Kier alpha value is -2.68. The van der Waals surface area contributed by atoms with Crippen LogP contribution >= 0.6 is 8.24 Å². The molecule has 1 aromatic heterocycles. The van der Waals surface area contributed by atoms with Crippen molar-refractivity contribution in [3.63, 3.8) is 0 Å². The van der Waals surface area contributed by atoms with Crippen molar-refractivity contribution < 1.29 is 18.0 Å². The zero-order valence-electron chi connectivity index (χ0n) is 31.3. The lowest BCUT2D eigenvalue weighted by atomic mass is 9.83. The van der Waals surface area contributed by atoms with Crippen molar-refractivity contribution in [3.8, 4) is 5.75 Å². The van der Waals surface area contributed by atoms with Gasteiger partial charge in [-0.05, 0) is 126 Å². The van der Waals surface area contributed by atoms with Crippen LogP contribution in [0.1, 0.15) is 171 Å². The van der Waals surface area contributed by atoms with E-state index in [4.69, 9.17) is 12.9 Å². The first-order valence-electron chi connectivity index (χ1n) is 18.2. The molecule has 0 amide bonds. The van der Waals surface area contributed by atoms with Crippen molar-refractivity contribution in [2.45, 2.75) is 151 Å². The molecule has 0 spiro atoms. The highest BCUT2D eigenvalue weighted by molar-refractivity contribution is 7.31. The summed E-state index contributed by atoms with van der Waals surface area (Å²) in [4.78, 5) is 0. The van der Waals surface area contributed by atoms with Crippen LogP contribution in [0.25, 0.3) is 21.9 Å². The minimum atomic E-state index is -1.68. The van der Waals surface area contributed by atoms with Crippen LogP contribution in [-0.2, 0) is 11.8 Å². The number of aromatic hydroxyl groups is 1. The standard InChI is InChI=1S/C42H61O4P/c1-13-26(5)32-22-34(28(7)15-3)40-36(24-32)37-25-33(27(6)14-2)23-35(29(8)16-4)41(37)46-47(45-40)44-19-17-18-31-20-30(9)39(43)38(21-31)42(10,11)12/h20-29,43H,13-19H2,1-12H3. The first-order chi connectivity index (χ1) is 22.2. The molecule has 4 atom stereocenters. The topological polar surface area (TPSA) is 55.7 Å². The second-order valence-electron chi connectivity index (χ2n) is 15.1. The highest BCUT2D eigenvalue weighted by Gasteiger charge is 2.23. The molecule has 0 radical (unpaired) electrons. The summed E-state index contributed by atoms with van der Waals surface area (Å²) in [6.45, 7) is 27.3. The third kappa shape index (κ3) is 8.31. The maximum Gasteiger partial charge on any atom is 0.387 e. The Morgan fingerprint density at radius 2 is 1.17 bits per heavy atom. The molecule has 0 fully saturated rings. The molecule has 0 aliphatic carbocycles. The summed E-state index contributed by atoms with van der Waals surface area (Å²) in [5.41, 5.74) is 10.1. The van der Waals surface area contributed by atoms with Crippen molar-refractivity contribution in [1.29, 1.82) is 0 Å². The molecule has 5 heteroatoms. The number of phenolic OH excluding ortho intramolecular Hbond substituents is 1. The minimum absolute atomic E-state index is 0.127. The summed E-state index contributed by atoms with van der Waals surface area (Å²) >= 11 is 0. The van der Waals surface area contributed by atoms with Crippen LogP contribution in [0.15, 0.2) is 44.8 Å². The molecule has 0 saturated heterocycles. The molecular formula is C42H61O4P. The normalized spacial score (nSPS) is 15.2. The maximum atomic E-state index is 10.7. The molecule has 3 aromatic carbocycles. The third-order valence-corrected chi connectivity index (χ3v) is 11.6. The predicted molar refractivity (Wildman–Crippen MR) is 202 cm³/mol. The van der Waals surface area contributed by atoms with E-state index >= 15 is 0 Å². The average molecular weight is 661 g/mol. The van der Waals surface area contributed by atoms with Gasteiger partial charge in [0.2, 0.25) is 0 Å². The summed E-state index contributed by atoms with van der Waals surface area (Å²) in [5.74, 6) is 1.98. The van der Waals surface area contributed by atoms with Crippen LogP contribution in [-0.4, -0.2) is 11.7 Å². The molecule has 1 heterocycles. The van der Waals surface area contributed by atoms with Gasteiger partial charge in [-0.3, -0.25) is 4.52 Å². The predicted octanol–water partition coefficient (Wildman–Crippen LogP) is 13.7. The fraction of sp³-hybridized carbons (Fsp3) is 0.571. The van der Waals surface area contributed by atoms with Gasteiger partial charge >= 0.3 is 8.24 Å². The van der Waals surface area contributed by atoms with E-state index in [0.29, 0.717) is 36.0 Å². The number of phenols is 1. The summed E-state index contributed by atoms with van der Waals surface area (Å²) in [6, 6.07) is 13.8. The van der Waals surface area contributed by atoms with E-state index in [1.807, 2.05) is 6.92 Å². The summed E-state index contributed by atoms with van der Waals surface area (Å²) in [5, 5.41) is 13.0. The molecule has 4 aromatic rings. The molecule has 47 heavy (non-hydrogen) atoms. The van der Waals surface area contributed by atoms with Gasteiger partial charge in [-0.2, -0.15) is 0 Å². The molecular weight excluding hydrogens is 599 g/mol. The minimum Gasteiger partial charge on any atom is -0.507 e. The van der Waals surface area contributed by atoms with E-state index in [2.05, 4.69) is 113 Å². The lowest BCUT2D eigenvalue weighted by Gasteiger charge is -2.22. The number of rotatable bonds is 13. The van der Waals surface area contributed by atoms with Gasteiger partial charge in [0.1, 0.15) is 16.9 Å². The Balaban J connectivity index is 1.89. The van der Waals surface area contributed by atoms with E-state index in [1.54, 1.807) is 0 Å². The van der Waals surface area contributed by atoms with E-state index in [1.165, 1.54) is 27.8 Å². The molecule has 1 N–H and O–H groups in total. The Morgan fingerprint density at radius 1 is 0.702 bits per heavy atom. The maximum absolute atomic E-state index is 10.7. The SMILES string of the molecule is CCC(C)c1cc(C(C)CC)c2op(OCCCc3cc(C)c(O)c(C(C)(C)C)c3)oc3c(C(C)CC)cc(C(C)CC)cc3c2c1. The van der Waals surface area contributed by atoms with Crippen LogP contribution in [0.3, 0.4) is 0 Å². The fourth-order valence-corrected chi connectivity index (χ4v) is 7.50. The van der Waals surface area contributed by atoms with Crippen LogP contribution in [0.4, 0.5) is 0 Å². The zero-order chi connectivity index (χ0) is 34.6. The van der Waals surface area contributed by atoms with Gasteiger partial charge < -0.3 is 13.5 Å². The van der Waals surface area contributed by atoms with Crippen molar-refractivity contribution in [2.24, 2.45) is 0 Å². The van der Waals surface area contributed by atoms with Crippen molar-refractivity contribution in [1.82, 2.24) is 0 Å². The summed E-state index contributed by atoms with van der Waals surface area (Å²) in [6.07, 6.45) is 5.91. The molecule has 0 aliphatic heterocycles. The molecule has 4 unspecified atom stereocenters. The highest BCUT2D eigenvalue weighted by atomic mass is 31.1. The number of aryl methyl sites for hydroxylation is 2. The third-order valence-electron chi connectivity index (χ3n) is 10.5. The zero-order valence-corrected chi connectivity index (χ0v) is 32.2. The Bertz CT molecular complexity index is 1620. The molecule has 4 rings (SSSR count). The Labute approximate surface area is 285 Å². The van der Waals surface area contributed by atoms with E-state index in [-0.39, 0.29) is 5.41 Å². The average Bonchev–Trinajstić information content (AvgIpc) is 3.21. The van der Waals surface area contributed by atoms with Crippen LogP contribution in [0.2, 0.25) is 0 Å². The van der Waals surface area contributed by atoms with E-state index < -0.39 is 8.24 Å². The van der Waals surface area contributed by atoms with Gasteiger partial charge in [0.05, 0.1) is 6.61 Å². The molecule has 0 aliphatic rings. The monoisotopic (exact) mass is 660 g/mol. The molecule has 0 bridgehead atoms. The number of fused-ring (bicyclic) bond motifs is 3. The quantitative estimate of drug-likeness (QED) is 0.145. The lowest BCUT2D eigenvalue weighted by Crippen LogP contribution is -2.12. The van der Waals surface area contributed by atoms with Gasteiger partial charge in [-0.1, -0.05) is 100 Å². The lowest BCUT2D eigenvalue weighted by molar-refractivity contribution is 0.364. The van der Waals surface area contributed by atoms with Crippen molar-refractivity contribution in [3.05, 3.63) is 75.3 Å². The van der Waals surface area contributed by atoms with Gasteiger partial charge in [0.15, 0.2) is 0 Å². The molecule has 4 nitrogen and oxygen atoms in total. The number of benzene rings is 3. The molecule has 258 valence electrons. The van der Waals surface area contributed by atoms with Crippen LogP contribution in [0.5, 0.6) is 5.75 Å². The number of hydrogen-bond donors (Lipinski definition) is 1. The van der Waals surface area contributed by atoms with Gasteiger partial charge in [0.25, 0.3) is 0 Å². The fourth-order valence-electron chi connectivity index (χ4n) is 6.37. The first-order valence-corrected chi connectivity index (χ1v) is 19.3. The summed E-state index contributed by atoms with van der Waals surface area (Å²) in [7, 11) is -1.68. The van der Waals surface area contributed by atoms with E-state index in [0.717, 1.165) is 71.6 Å². The Morgan fingerprint density at radius 3 is 1.60 bits per heavy atom. The largest absolute Gasteiger partial charge is 0.507 e. The second-order valence-corrected chi connectivity index (χ2v) is 16.2.